The molecule has 0 aliphatic heterocycles. The van der Waals surface area contributed by atoms with Crippen molar-refractivity contribution in [1.82, 2.24) is 4.57 Å². The molecule has 2 nitrogen and oxygen atoms in total. The normalized spacial score (nSPS) is 11.3. The Balaban J connectivity index is 2.12. The third-order valence-corrected chi connectivity index (χ3v) is 5.41. The predicted molar refractivity (Wildman–Crippen MR) is 110 cm³/mol. The fourth-order valence-corrected chi connectivity index (χ4v) is 3.79. The lowest BCUT2D eigenvalue weighted by Crippen LogP contribution is -2.37. The van der Waals surface area contributed by atoms with Gasteiger partial charge in [-0.25, -0.2) is 9.13 Å². The first-order chi connectivity index (χ1) is 12.3. The van der Waals surface area contributed by atoms with Gasteiger partial charge in [0, 0.05) is 6.42 Å². The predicted octanol–water partition coefficient (Wildman–Crippen LogP) is 6.84. The average Bonchev–Trinajstić information content (AvgIpc) is 3.02. The molecule has 0 amide bonds. The van der Waals surface area contributed by atoms with Gasteiger partial charge in [-0.05, 0) is 25.7 Å². The van der Waals surface area contributed by atoms with E-state index in [1.165, 1.54) is 109 Å². The monoisotopic (exact) mass is 349 g/mol. The summed E-state index contributed by atoms with van der Waals surface area (Å²) in [5.41, 5.74) is 0. The zero-order chi connectivity index (χ0) is 18.2. The van der Waals surface area contributed by atoms with E-state index in [-0.39, 0.29) is 0 Å². The van der Waals surface area contributed by atoms with Crippen LogP contribution >= 0.6 is 0 Å². The molecule has 146 valence electrons. The number of aryl methyl sites for hydroxylation is 2. The van der Waals surface area contributed by atoms with Crippen LogP contribution < -0.4 is 4.57 Å². The molecular weight excluding hydrogens is 304 g/mol. The van der Waals surface area contributed by atoms with Crippen LogP contribution in [0.2, 0.25) is 0 Å². The van der Waals surface area contributed by atoms with Crippen LogP contribution in [0.1, 0.15) is 116 Å². The fraction of sp³-hybridized carbons (Fsp3) is 0.870. The van der Waals surface area contributed by atoms with Crippen LogP contribution in [0.25, 0.3) is 0 Å². The van der Waals surface area contributed by atoms with Crippen molar-refractivity contribution >= 4 is 0 Å². The van der Waals surface area contributed by atoms with E-state index in [4.69, 9.17) is 0 Å². The number of imidazole rings is 1. The second kappa shape index (κ2) is 15.5. The zero-order valence-corrected chi connectivity index (χ0v) is 17.6. The van der Waals surface area contributed by atoms with Crippen LogP contribution in [-0.2, 0) is 19.5 Å². The second-order valence-corrected chi connectivity index (χ2v) is 7.70. The zero-order valence-electron chi connectivity index (χ0n) is 17.6. The lowest BCUT2D eigenvalue weighted by molar-refractivity contribution is -0.704. The molecule has 0 radical (unpaired) electrons. The Morgan fingerprint density at radius 1 is 0.680 bits per heavy atom. The summed E-state index contributed by atoms with van der Waals surface area (Å²) in [6.45, 7) is 9.29. The van der Waals surface area contributed by atoms with Crippen molar-refractivity contribution in [2.45, 2.75) is 130 Å². The second-order valence-electron chi connectivity index (χ2n) is 7.70. The van der Waals surface area contributed by atoms with E-state index >= 15 is 0 Å². The quantitative estimate of drug-likeness (QED) is 0.215. The summed E-state index contributed by atoms with van der Waals surface area (Å²) in [7, 11) is 0. The van der Waals surface area contributed by atoms with E-state index in [1.54, 1.807) is 0 Å². The Bertz CT molecular complexity index is 408. The maximum absolute atomic E-state index is 2.50. The summed E-state index contributed by atoms with van der Waals surface area (Å²) in [5.74, 6) is 1.52. The first kappa shape index (κ1) is 22.3. The summed E-state index contributed by atoms with van der Waals surface area (Å²) in [4.78, 5) is 0. The highest BCUT2D eigenvalue weighted by molar-refractivity contribution is 4.83. The van der Waals surface area contributed by atoms with Gasteiger partial charge in [-0.3, -0.25) is 0 Å². The third kappa shape index (κ3) is 10.1. The van der Waals surface area contributed by atoms with E-state index in [1.807, 2.05) is 0 Å². The van der Waals surface area contributed by atoms with Crippen LogP contribution in [0.3, 0.4) is 0 Å². The summed E-state index contributed by atoms with van der Waals surface area (Å²) in [6, 6.07) is 0. The standard InChI is InChI=1S/C23H45N2/c1-4-7-9-11-12-13-14-15-16-18-20-25-22-21-24(23(25)6-3)19-17-10-8-5-2/h21-22H,4-20H2,1-3H3/q+1. The van der Waals surface area contributed by atoms with E-state index in [0.29, 0.717) is 0 Å². The molecule has 0 aliphatic rings. The molecule has 1 rings (SSSR count). The molecule has 0 aromatic carbocycles. The molecule has 0 N–H and O–H groups in total. The molecule has 0 bridgehead atoms. The Kier molecular flexibility index (Phi) is 13.8. The minimum absolute atomic E-state index is 1.15. The molecule has 2 heteroatoms. The molecule has 0 saturated heterocycles. The number of unbranched alkanes of at least 4 members (excludes halogenated alkanes) is 12. The van der Waals surface area contributed by atoms with Crippen LogP contribution in [0.4, 0.5) is 0 Å². The van der Waals surface area contributed by atoms with E-state index < -0.39 is 0 Å². The maximum Gasteiger partial charge on any atom is 0.256 e. The molecule has 1 aromatic heterocycles. The minimum atomic E-state index is 1.15. The van der Waals surface area contributed by atoms with Crippen LogP contribution in [0.15, 0.2) is 12.4 Å². The Morgan fingerprint density at radius 2 is 1.20 bits per heavy atom. The van der Waals surface area contributed by atoms with Crippen molar-refractivity contribution in [2.75, 3.05) is 0 Å². The highest BCUT2D eigenvalue weighted by atomic mass is 15.1. The van der Waals surface area contributed by atoms with E-state index in [0.717, 1.165) is 6.42 Å². The molecule has 0 saturated carbocycles. The summed E-state index contributed by atoms with van der Waals surface area (Å²) in [5, 5.41) is 0. The highest BCUT2D eigenvalue weighted by Gasteiger charge is 2.14. The lowest BCUT2D eigenvalue weighted by Gasteiger charge is -2.04. The third-order valence-electron chi connectivity index (χ3n) is 5.41. The SMILES string of the molecule is CCCCCCCCCCCC[n+]1ccn(CCCCCC)c1CC. The molecule has 0 spiro atoms. The van der Waals surface area contributed by atoms with Gasteiger partial charge in [0.1, 0.15) is 12.4 Å². The van der Waals surface area contributed by atoms with Crippen molar-refractivity contribution < 1.29 is 4.57 Å². The number of hydrogen-bond acceptors (Lipinski definition) is 0. The molecular formula is C23H45N2+. The van der Waals surface area contributed by atoms with E-state index in [2.05, 4.69) is 42.3 Å². The minimum Gasteiger partial charge on any atom is -0.234 e. The molecule has 0 atom stereocenters. The largest absolute Gasteiger partial charge is 0.256 e. The topological polar surface area (TPSA) is 8.81 Å². The number of hydrogen-bond donors (Lipinski definition) is 0. The Hall–Kier alpha value is -0.790. The fourth-order valence-electron chi connectivity index (χ4n) is 3.79. The van der Waals surface area contributed by atoms with Crippen molar-refractivity contribution in [3.63, 3.8) is 0 Å². The van der Waals surface area contributed by atoms with Gasteiger partial charge in [0.2, 0.25) is 0 Å². The van der Waals surface area contributed by atoms with E-state index in [9.17, 15) is 0 Å². The first-order valence-electron chi connectivity index (χ1n) is 11.4. The van der Waals surface area contributed by atoms with Gasteiger partial charge in [0.05, 0.1) is 13.1 Å². The van der Waals surface area contributed by atoms with Gasteiger partial charge in [-0.2, -0.15) is 0 Å². The molecule has 0 aliphatic carbocycles. The summed E-state index contributed by atoms with van der Waals surface area (Å²) >= 11 is 0. The number of rotatable bonds is 17. The van der Waals surface area contributed by atoms with Crippen molar-refractivity contribution in [3.8, 4) is 0 Å². The van der Waals surface area contributed by atoms with Gasteiger partial charge < -0.3 is 0 Å². The highest BCUT2D eigenvalue weighted by Crippen LogP contribution is 2.11. The lowest BCUT2D eigenvalue weighted by atomic mass is 10.1. The van der Waals surface area contributed by atoms with Crippen LogP contribution in [0.5, 0.6) is 0 Å². The van der Waals surface area contributed by atoms with Gasteiger partial charge in [0.25, 0.3) is 5.82 Å². The van der Waals surface area contributed by atoms with Crippen molar-refractivity contribution in [3.05, 3.63) is 18.2 Å². The van der Waals surface area contributed by atoms with Crippen molar-refractivity contribution in [2.24, 2.45) is 0 Å². The molecule has 25 heavy (non-hydrogen) atoms. The van der Waals surface area contributed by atoms with Crippen LogP contribution in [-0.4, -0.2) is 4.57 Å². The molecule has 1 heterocycles. The first-order valence-corrected chi connectivity index (χ1v) is 11.4. The maximum atomic E-state index is 2.50. The van der Waals surface area contributed by atoms with Crippen molar-refractivity contribution in [1.29, 1.82) is 0 Å². The molecule has 1 aromatic rings. The van der Waals surface area contributed by atoms with Gasteiger partial charge in [-0.15, -0.1) is 0 Å². The number of nitrogens with zero attached hydrogens (tertiary/aromatic N) is 2. The smallest absolute Gasteiger partial charge is 0.234 e. The van der Waals surface area contributed by atoms with Gasteiger partial charge in [0.15, 0.2) is 0 Å². The van der Waals surface area contributed by atoms with Gasteiger partial charge in [-0.1, -0.05) is 85.0 Å². The summed E-state index contributed by atoms with van der Waals surface area (Å²) < 4.78 is 5.00. The molecule has 0 fully saturated rings. The Labute approximate surface area is 158 Å². The molecule has 0 unspecified atom stereocenters. The average molecular weight is 350 g/mol. The van der Waals surface area contributed by atoms with Crippen LogP contribution in [0, 0.1) is 0 Å². The number of aromatic nitrogens is 2. The Morgan fingerprint density at radius 3 is 1.76 bits per heavy atom. The van der Waals surface area contributed by atoms with Gasteiger partial charge >= 0.3 is 0 Å². The summed E-state index contributed by atoms with van der Waals surface area (Å²) in [6.07, 6.45) is 25.4.